The minimum Gasteiger partial charge on any atom is -0.491 e. The zero-order valence-corrected chi connectivity index (χ0v) is 12.9. The lowest BCUT2D eigenvalue weighted by Crippen LogP contribution is -2.25. The van der Waals surface area contributed by atoms with E-state index in [2.05, 4.69) is 37.4 Å². The second kappa shape index (κ2) is 5.67. The summed E-state index contributed by atoms with van der Waals surface area (Å²) in [6, 6.07) is 6.46. The Bertz CT molecular complexity index is 456. The number of hydrogen-bond acceptors (Lipinski definition) is 2. The zero-order chi connectivity index (χ0) is 14.0. The smallest absolute Gasteiger partial charge is 0.142 e. The highest BCUT2D eigenvalue weighted by atomic mass is 16.5. The second-order valence-electron chi connectivity index (χ2n) is 7.24. The Balaban J connectivity index is 1.59. The second-order valence-corrected chi connectivity index (χ2v) is 7.24. The Labute approximate surface area is 122 Å². The van der Waals surface area contributed by atoms with E-state index in [1.165, 1.54) is 49.8 Å². The molecule has 0 bridgehead atoms. The van der Waals surface area contributed by atoms with Crippen molar-refractivity contribution in [2.75, 3.05) is 18.5 Å². The lowest BCUT2D eigenvalue weighted by molar-refractivity contribution is 0.142. The molecule has 0 aromatic heterocycles. The van der Waals surface area contributed by atoms with Gasteiger partial charge < -0.3 is 10.1 Å². The van der Waals surface area contributed by atoms with Gasteiger partial charge in [0.1, 0.15) is 5.75 Å². The summed E-state index contributed by atoms with van der Waals surface area (Å²) in [7, 11) is 0. The molecule has 1 aliphatic carbocycles. The zero-order valence-electron chi connectivity index (χ0n) is 12.9. The molecule has 1 aromatic rings. The summed E-state index contributed by atoms with van der Waals surface area (Å²) < 4.78 is 6.15. The molecule has 1 N–H and O–H groups in total. The fourth-order valence-corrected chi connectivity index (χ4v) is 3.43. The quantitative estimate of drug-likeness (QED) is 0.866. The van der Waals surface area contributed by atoms with Crippen LogP contribution in [0.1, 0.15) is 51.5 Å². The summed E-state index contributed by atoms with van der Waals surface area (Å²) >= 11 is 0. The van der Waals surface area contributed by atoms with Crippen LogP contribution in [0.2, 0.25) is 0 Å². The molecule has 3 rings (SSSR count). The third-order valence-electron chi connectivity index (χ3n) is 4.97. The summed E-state index contributed by atoms with van der Waals surface area (Å²) in [6.07, 6.45) is 7.72. The topological polar surface area (TPSA) is 21.3 Å². The number of ether oxygens (including phenoxy) is 1. The van der Waals surface area contributed by atoms with Gasteiger partial charge in [-0.15, -0.1) is 0 Å². The van der Waals surface area contributed by atoms with Crippen LogP contribution in [0.25, 0.3) is 0 Å². The number of fused-ring (bicyclic) bond motifs is 1. The Hall–Kier alpha value is -1.18. The molecule has 1 fully saturated rings. The van der Waals surface area contributed by atoms with E-state index in [1.54, 1.807) is 0 Å². The van der Waals surface area contributed by atoms with Crippen LogP contribution in [0, 0.1) is 11.3 Å². The average molecular weight is 273 g/mol. The van der Waals surface area contributed by atoms with Gasteiger partial charge in [-0.05, 0) is 61.5 Å². The summed E-state index contributed by atoms with van der Waals surface area (Å²) in [5.74, 6) is 1.80. The van der Waals surface area contributed by atoms with Gasteiger partial charge >= 0.3 is 0 Å². The fourth-order valence-electron chi connectivity index (χ4n) is 3.43. The van der Waals surface area contributed by atoms with E-state index in [0.717, 1.165) is 24.8 Å². The Morgan fingerprint density at radius 3 is 2.85 bits per heavy atom. The van der Waals surface area contributed by atoms with Gasteiger partial charge in [-0.25, -0.2) is 0 Å². The molecule has 2 nitrogen and oxygen atoms in total. The van der Waals surface area contributed by atoms with Crippen molar-refractivity contribution in [1.82, 2.24) is 0 Å². The van der Waals surface area contributed by atoms with Crippen LogP contribution in [0.4, 0.5) is 5.69 Å². The third kappa shape index (κ3) is 3.11. The number of nitrogens with one attached hydrogen (secondary N) is 1. The largest absolute Gasteiger partial charge is 0.491 e. The summed E-state index contributed by atoms with van der Waals surface area (Å²) in [5, 5.41) is 3.51. The minimum absolute atomic E-state index is 0.546. The van der Waals surface area contributed by atoms with Gasteiger partial charge in [0.15, 0.2) is 0 Å². The van der Waals surface area contributed by atoms with E-state index in [9.17, 15) is 0 Å². The van der Waals surface area contributed by atoms with Gasteiger partial charge in [-0.2, -0.15) is 0 Å². The molecule has 2 heteroatoms. The number of hydrogen-bond donors (Lipinski definition) is 1. The van der Waals surface area contributed by atoms with E-state index >= 15 is 0 Å². The molecule has 110 valence electrons. The molecular weight excluding hydrogens is 246 g/mol. The maximum atomic E-state index is 6.15. The first-order valence-electron chi connectivity index (χ1n) is 8.13. The highest BCUT2D eigenvalue weighted by molar-refractivity contribution is 5.63. The number of para-hydroxylation sites is 1. The molecule has 0 spiro atoms. The van der Waals surface area contributed by atoms with Crippen molar-refractivity contribution in [2.24, 2.45) is 11.3 Å². The average Bonchev–Trinajstić information content (AvgIpc) is 2.46. The van der Waals surface area contributed by atoms with Crippen LogP contribution < -0.4 is 10.1 Å². The maximum Gasteiger partial charge on any atom is 0.142 e. The number of anilines is 1. The Kier molecular flexibility index (Phi) is 3.91. The third-order valence-corrected chi connectivity index (χ3v) is 4.97. The molecule has 1 saturated carbocycles. The van der Waals surface area contributed by atoms with Gasteiger partial charge in [0.2, 0.25) is 0 Å². The molecule has 0 amide bonds. The first-order chi connectivity index (χ1) is 9.64. The lowest BCUT2D eigenvalue weighted by atomic mass is 9.73. The lowest BCUT2D eigenvalue weighted by Gasteiger charge is -2.34. The molecule has 0 atom stereocenters. The van der Waals surface area contributed by atoms with Crippen LogP contribution >= 0.6 is 0 Å². The first kappa shape index (κ1) is 13.8. The highest BCUT2D eigenvalue weighted by Gasteiger charge is 2.27. The molecule has 1 aromatic carbocycles. The Morgan fingerprint density at radius 2 is 2.05 bits per heavy atom. The summed E-state index contributed by atoms with van der Waals surface area (Å²) in [4.78, 5) is 0. The van der Waals surface area contributed by atoms with Crippen LogP contribution in [0.5, 0.6) is 5.75 Å². The predicted molar refractivity (Wildman–Crippen MR) is 84.5 cm³/mol. The van der Waals surface area contributed by atoms with Gasteiger partial charge in [-0.3, -0.25) is 0 Å². The van der Waals surface area contributed by atoms with E-state index < -0.39 is 0 Å². The van der Waals surface area contributed by atoms with E-state index in [4.69, 9.17) is 4.74 Å². The van der Waals surface area contributed by atoms with Gasteiger partial charge in [0.25, 0.3) is 0 Å². The van der Waals surface area contributed by atoms with Crippen LogP contribution in [0.15, 0.2) is 18.2 Å². The highest BCUT2D eigenvalue weighted by Crippen LogP contribution is 2.39. The molecule has 1 aliphatic heterocycles. The first-order valence-corrected chi connectivity index (χ1v) is 8.13. The SMILES string of the molecule is CC1(C)CCC(COc2cccc3c2NCCC3)CC1. The summed E-state index contributed by atoms with van der Waals surface area (Å²) in [5.41, 5.74) is 3.21. The van der Waals surface area contributed by atoms with E-state index in [0.29, 0.717) is 5.41 Å². The normalized spacial score (nSPS) is 21.9. The predicted octanol–water partition coefficient (Wildman–Crippen LogP) is 4.64. The van der Waals surface area contributed by atoms with E-state index in [-0.39, 0.29) is 0 Å². The molecule has 0 unspecified atom stereocenters. The van der Waals surface area contributed by atoms with Crippen molar-refractivity contribution >= 4 is 5.69 Å². The fraction of sp³-hybridized carbons (Fsp3) is 0.667. The van der Waals surface area contributed by atoms with Gasteiger partial charge in [0.05, 0.1) is 12.3 Å². The van der Waals surface area contributed by atoms with Crippen molar-refractivity contribution < 1.29 is 4.74 Å². The molecule has 2 aliphatic rings. The number of benzene rings is 1. The van der Waals surface area contributed by atoms with Crippen molar-refractivity contribution in [3.8, 4) is 5.75 Å². The minimum atomic E-state index is 0.546. The molecular formula is C18H27NO. The van der Waals surface area contributed by atoms with Crippen LogP contribution in [-0.4, -0.2) is 13.2 Å². The van der Waals surface area contributed by atoms with Gasteiger partial charge in [0, 0.05) is 6.54 Å². The molecule has 20 heavy (non-hydrogen) atoms. The number of rotatable bonds is 3. The van der Waals surface area contributed by atoms with Gasteiger partial charge in [-0.1, -0.05) is 26.0 Å². The molecule has 0 radical (unpaired) electrons. The van der Waals surface area contributed by atoms with Crippen molar-refractivity contribution in [3.05, 3.63) is 23.8 Å². The molecule has 1 heterocycles. The van der Waals surface area contributed by atoms with Crippen molar-refractivity contribution in [3.63, 3.8) is 0 Å². The monoisotopic (exact) mass is 273 g/mol. The Morgan fingerprint density at radius 1 is 1.25 bits per heavy atom. The summed E-state index contributed by atoms with van der Waals surface area (Å²) in [6.45, 7) is 6.74. The van der Waals surface area contributed by atoms with Crippen molar-refractivity contribution in [2.45, 2.75) is 52.4 Å². The van der Waals surface area contributed by atoms with Crippen molar-refractivity contribution in [1.29, 1.82) is 0 Å². The van der Waals surface area contributed by atoms with E-state index in [1.807, 2.05) is 0 Å². The standard InChI is InChI=1S/C18H27NO/c1-18(2)10-8-14(9-11-18)13-20-16-7-3-5-15-6-4-12-19-17(15)16/h3,5,7,14,19H,4,6,8-13H2,1-2H3. The van der Waals surface area contributed by atoms with Crippen LogP contribution in [-0.2, 0) is 6.42 Å². The van der Waals surface area contributed by atoms with Crippen LogP contribution in [0.3, 0.4) is 0 Å². The molecule has 0 saturated heterocycles. The number of aryl methyl sites for hydroxylation is 1. The maximum absolute atomic E-state index is 6.15.